The van der Waals surface area contributed by atoms with Crippen LogP contribution in [0.15, 0.2) is 6.33 Å². The summed E-state index contributed by atoms with van der Waals surface area (Å²) in [6, 6.07) is 0. The third-order valence-corrected chi connectivity index (χ3v) is 2.07. The first kappa shape index (κ1) is 9.70. The summed E-state index contributed by atoms with van der Waals surface area (Å²) in [5, 5.41) is 0. The van der Waals surface area contributed by atoms with Crippen LogP contribution in [0, 0.1) is 0 Å². The molecule has 2 rings (SSSR count). The molecule has 0 saturated heterocycles. The maximum absolute atomic E-state index is 5.59. The van der Waals surface area contributed by atoms with Crippen LogP contribution in [0.2, 0.25) is 0 Å². The average Bonchev–Trinajstić information content (AvgIpc) is 2.61. The Labute approximate surface area is 87.1 Å². The van der Waals surface area contributed by atoms with Gasteiger partial charge in [0.2, 0.25) is 11.8 Å². The largest absolute Gasteiger partial charge is 0.476 e. The second-order valence-electron chi connectivity index (χ2n) is 3.02. The SMILES string of the molecule is CCOc1nc(N)nc2c1ncn2CC. The van der Waals surface area contributed by atoms with Crippen molar-refractivity contribution in [2.45, 2.75) is 20.4 Å². The minimum absolute atomic E-state index is 0.209. The van der Waals surface area contributed by atoms with Gasteiger partial charge >= 0.3 is 0 Å². The Morgan fingerprint density at radius 1 is 1.40 bits per heavy atom. The fourth-order valence-electron chi connectivity index (χ4n) is 1.40. The number of rotatable bonds is 3. The molecule has 0 bridgehead atoms. The maximum atomic E-state index is 5.59. The standard InChI is InChI=1S/C9H13N5O/c1-3-14-5-11-6-7(14)12-9(10)13-8(6)15-4-2/h5H,3-4H2,1-2H3,(H2,10,12,13). The summed E-state index contributed by atoms with van der Waals surface area (Å²) in [6.45, 7) is 5.23. The topological polar surface area (TPSA) is 78.8 Å². The molecule has 80 valence electrons. The number of aryl methyl sites for hydroxylation is 1. The number of imidazole rings is 1. The Bertz CT molecular complexity index is 479. The lowest BCUT2D eigenvalue weighted by Gasteiger charge is -2.04. The first-order chi connectivity index (χ1) is 7.26. The van der Waals surface area contributed by atoms with Crippen LogP contribution in [0.4, 0.5) is 5.95 Å². The molecule has 2 aromatic rings. The molecule has 0 radical (unpaired) electrons. The van der Waals surface area contributed by atoms with Crippen molar-refractivity contribution < 1.29 is 4.74 Å². The predicted octanol–water partition coefficient (Wildman–Crippen LogP) is 0.827. The molecule has 15 heavy (non-hydrogen) atoms. The van der Waals surface area contributed by atoms with Gasteiger partial charge in [-0.05, 0) is 13.8 Å². The van der Waals surface area contributed by atoms with Gasteiger partial charge in [-0.2, -0.15) is 9.97 Å². The molecular formula is C9H13N5O. The zero-order valence-electron chi connectivity index (χ0n) is 8.77. The van der Waals surface area contributed by atoms with Gasteiger partial charge in [-0.1, -0.05) is 0 Å². The van der Waals surface area contributed by atoms with Gasteiger partial charge in [-0.15, -0.1) is 0 Å². The van der Waals surface area contributed by atoms with E-state index in [1.165, 1.54) is 0 Å². The molecule has 0 fully saturated rings. The molecule has 6 heteroatoms. The fraction of sp³-hybridized carbons (Fsp3) is 0.444. The lowest BCUT2D eigenvalue weighted by atomic mass is 10.5. The first-order valence-corrected chi connectivity index (χ1v) is 4.87. The van der Waals surface area contributed by atoms with Gasteiger partial charge in [0.05, 0.1) is 12.9 Å². The van der Waals surface area contributed by atoms with Crippen LogP contribution >= 0.6 is 0 Å². The van der Waals surface area contributed by atoms with Gasteiger partial charge in [-0.3, -0.25) is 0 Å². The van der Waals surface area contributed by atoms with Crippen molar-refractivity contribution >= 4 is 17.1 Å². The smallest absolute Gasteiger partial charge is 0.247 e. The third kappa shape index (κ3) is 1.58. The summed E-state index contributed by atoms with van der Waals surface area (Å²) in [7, 11) is 0. The van der Waals surface area contributed by atoms with Crippen molar-refractivity contribution in [1.82, 2.24) is 19.5 Å². The summed E-state index contributed by atoms with van der Waals surface area (Å²) < 4.78 is 7.25. The number of nitrogen functional groups attached to an aromatic ring is 1. The lowest BCUT2D eigenvalue weighted by molar-refractivity contribution is 0.331. The summed E-state index contributed by atoms with van der Waals surface area (Å²) in [4.78, 5) is 12.4. The van der Waals surface area contributed by atoms with E-state index in [0.29, 0.717) is 23.7 Å². The molecule has 2 heterocycles. The Hall–Kier alpha value is -1.85. The number of hydrogen-bond donors (Lipinski definition) is 1. The van der Waals surface area contributed by atoms with E-state index in [1.54, 1.807) is 6.33 Å². The molecule has 0 saturated carbocycles. The Morgan fingerprint density at radius 3 is 2.87 bits per heavy atom. The molecule has 0 aliphatic carbocycles. The zero-order chi connectivity index (χ0) is 10.8. The quantitative estimate of drug-likeness (QED) is 0.806. The van der Waals surface area contributed by atoms with Gasteiger partial charge in [0.15, 0.2) is 11.2 Å². The average molecular weight is 207 g/mol. The van der Waals surface area contributed by atoms with E-state index in [-0.39, 0.29) is 5.95 Å². The summed E-state index contributed by atoms with van der Waals surface area (Å²) >= 11 is 0. The van der Waals surface area contributed by atoms with Gasteiger partial charge < -0.3 is 15.0 Å². The van der Waals surface area contributed by atoms with E-state index in [0.717, 1.165) is 6.54 Å². The van der Waals surface area contributed by atoms with Crippen molar-refractivity contribution in [2.75, 3.05) is 12.3 Å². The second-order valence-corrected chi connectivity index (χ2v) is 3.02. The molecule has 0 aromatic carbocycles. The number of ether oxygens (including phenoxy) is 1. The highest BCUT2D eigenvalue weighted by Gasteiger charge is 2.11. The summed E-state index contributed by atoms with van der Waals surface area (Å²) in [5.74, 6) is 0.661. The number of aromatic nitrogens is 4. The van der Waals surface area contributed by atoms with E-state index in [2.05, 4.69) is 15.0 Å². The van der Waals surface area contributed by atoms with Crippen LogP contribution in [-0.2, 0) is 6.54 Å². The molecule has 0 atom stereocenters. The number of anilines is 1. The monoisotopic (exact) mass is 207 g/mol. The molecule has 0 unspecified atom stereocenters. The van der Waals surface area contributed by atoms with Crippen LogP contribution in [0.25, 0.3) is 11.2 Å². The minimum atomic E-state index is 0.209. The van der Waals surface area contributed by atoms with E-state index < -0.39 is 0 Å². The van der Waals surface area contributed by atoms with Crippen molar-refractivity contribution in [3.8, 4) is 5.88 Å². The molecule has 0 aliphatic heterocycles. The molecular weight excluding hydrogens is 194 g/mol. The molecule has 0 spiro atoms. The summed E-state index contributed by atoms with van der Waals surface area (Å²) in [6.07, 6.45) is 1.71. The molecule has 0 amide bonds. The van der Waals surface area contributed by atoms with Crippen LogP contribution in [0.3, 0.4) is 0 Å². The van der Waals surface area contributed by atoms with Crippen molar-refractivity contribution in [3.05, 3.63) is 6.33 Å². The minimum Gasteiger partial charge on any atom is -0.476 e. The normalized spacial score (nSPS) is 10.8. The van der Waals surface area contributed by atoms with Gasteiger partial charge in [0.1, 0.15) is 0 Å². The highest BCUT2D eigenvalue weighted by Crippen LogP contribution is 2.21. The molecule has 0 aliphatic rings. The molecule has 6 nitrogen and oxygen atoms in total. The number of fused-ring (bicyclic) bond motifs is 1. The highest BCUT2D eigenvalue weighted by atomic mass is 16.5. The summed E-state index contributed by atoms with van der Waals surface area (Å²) in [5.41, 5.74) is 6.97. The highest BCUT2D eigenvalue weighted by molar-refractivity contribution is 5.77. The van der Waals surface area contributed by atoms with E-state index in [1.807, 2.05) is 18.4 Å². The number of nitrogens with zero attached hydrogens (tertiary/aromatic N) is 4. The van der Waals surface area contributed by atoms with Gasteiger partial charge in [0.25, 0.3) is 0 Å². The Morgan fingerprint density at radius 2 is 2.20 bits per heavy atom. The van der Waals surface area contributed by atoms with Crippen molar-refractivity contribution in [2.24, 2.45) is 0 Å². The Kier molecular flexibility index (Phi) is 2.40. The predicted molar refractivity (Wildman–Crippen MR) is 56.6 cm³/mol. The van der Waals surface area contributed by atoms with E-state index in [4.69, 9.17) is 10.5 Å². The maximum Gasteiger partial charge on any atom is 0.247 e. The van der Waals surface area contributed by atoms with Crippen LogP contribution in [-0.4, -0.2) is 26.1 Å². The van der Waals surface area contributed by atoms with Crippen LogP contribution in [0.1, 0.15) is 13.8 Å². The lowest BCUT2D eigenvalue weighted by Crippen LogP contribution is -2.03. The fourth-order valence-corrected chi connectivity index (χ4v) is 1.40. The molecule has 2 N–H and O–H groups in total. The van der Waals surface area contributed by atoms with E-state index in [9.17, 15) is 0 Å². The number of hydrogen-bond acceptors (Lipinski definition) is 5. The van der Waals surface area contributed by atoms with E-state index >= 15 is 0 Å². The van der Waals surface area contributed by atoms with Crippen LogP contribution in [0.5, 0.6) is 5.88 Å². The van der Waals surface area contributed by atoms with Crippen LogP contribution < -0.4 is 10.5 Å². The zero-order valence-corrected chi connectivity index (χ0v) is 8.77. The molecule has 2 aromatic heterocycles. The van der Waals surface area contributed by atoms with Gasteiger partial charge in [-0.25, -0.2) is 4.98 Å². The van der Waals surface area contributed by atoms with Gasteiger partial charge in [0, 0.05) is 6.54 Å². The van der Waals surface area contributed by atoms with Crippen molar-refractivity contribution in [3.63, 3.8) is 0 Å². The third-order valence-electron chi connectivity index (χ3n) is 2.07. The first-order valence-electron chi connectivity index (χ1n) is 4.87. The Balaban J connectivity index is 2.65. The number of nitrogens with two attached hydrogens (primary N) is 1. The second kappa shape index (κ2) is 3.72. The van der Waals surface area contributed by atoms with Crippen molar-refractivity contribution in [1.29, 1.82) is 0 Å².